The fraction of sp³-hybridized carbons (Fsp3) is 0.308. The van der Waals surface area contributed by atoms with Crippen molar-refractivity contribution in [2.24, 2.45) is 0 Å². The molecule has 2 N–H and O–H groups in total. The predicted octanol–water partition coefficient (Wildman–Crippen LogP) is 3.52. The highest BCUT2D eigenvalue weighted by Gasteiger charge is 2.46. The summed E-state index contributed by atoms with van der Waals surface area (Å²) in [6.07, 6.45) is 5.81. The minimum atomic E-state index is -0.753. The average Bonchev–Trinajstić information content (AvgIpc) is 3.53. The van der Waals surface area contributed by atoms with Gasteiger partial charge in [-0.2, -0.15) is 0 Å². The number of aliphatic hydroxyl groups excluding tert-OH is 1. The first-order chi connectivity index (χ1) is 16.8. The standard InChI is InChI=1S/C26H28N4O5/c1-4-35-26(34)21-16(2)19(17(3)28-21)23(31)20-22(18-9-6-5-7-10-18)30(25(33)24(20)32)13-8-12-29-14-11-27-15-29/h5-7,9-11,14-15,22,28,31H,4,8,12-13H2,1-3H3/t22-/m0/s1. The summed E-state index contributed by atoms with van der Waals surface area (Å²) >= 11 is 0. The van der Waals surface area contributed by atoms with Gasteiger partial charge in [0.2, 0.25) is 0 Å². The Bertz CT molecular complexity index is 1270. The van der Waals surface area contributed by atoms with Gasteiger partial charge in [0.05, 0.1) is 24.5 Å². The summed E-state index contributed by atoms with van der Waals surface area (Å²) in [7, 11) is 0. The van der Waals surface area contributed by atoms with E-state index in [2.05, 4.69) is 9.97 Å². The third kappa shape index (κ3) is 4.49. The number of carbonyl (C=O) groups excluding carboxylic acids is 3. The maximum atomic E-state index is 13.2. The molecule has 1 aromatic carbocycles. The van der Waals surface area contributed by atoms with E-state index in [-0.39, 0.29) is 23.6 Å². The highest BCUT2D eigenvalue weighted by Crippen LogP contribution is 2.40. The summed E-state index contributed by atoms with van der Waals surface area (Å²) in [5.74, 6) is -2.28. The second kappa shape index (κ2) is 10.0. The Morgan fingerprint density at radius 3 is 2.57 bits per heavy atom. The van der Waals surface area contributed by atoms with Gasteiger partial charge in [0.1, 0.15) is 11.5 Å². The lowest BCUT2D eigenvalue weighted by atomic mass is 9.94. The van der Waals surface area contributed by atoms with Crippen molar-refractivity contribution in [3.05, 3.63) is 82.7 Å². The number of hydrogen-bond donors (Lipinski definition) is 2. The van der Waals surface area contributed by atoms with E-state index in [0.717, 1.165) is 0 Å². The van der Waals surface area contributed by atoms with E-state index in [1.165, 1.54) is 4.90 Å². The summed E-state index contributed by atoms with van der Waals surface area (Å²) < 4.78 is 7.00. The Morgan fingerprint density at radius 1 is 1.17 bits per heavy atom. The Labute approximate surface area is 203 Å². The minimum absolute atomic E-state index is 0.00411. The normalized spacial score (nSPS) is 17.2. The van der Waals surface area contributed by atoms with Gasteiger partial charge in [0, 0.05) is 36.7 Å². The first-order valence-corrected chi connectivity index (χ1v) is 11.5. The summed E-state index contributed by atoms with van der Waals surface area (Å²) in [5, 5.41) is 11.4. The van der Waals surface area contributed by atoms with Gasteiger partial charge in [-0.25, -0.2) is 9.78 Å². The number of imidazole rings is 1. The molecule has 4 rings (SSSR count). The molecule has 0 bridgehead atoms. The van der Waals surface area contributed by atoms with E-state index < -0.39 is 23.7 Å². The number of ether oxygens (including phenoxy) is 1. The van der Waals surface area contributed by atoms with E-state index in [0.29, 0.717) is 41.9 Å². The zero-order valence-electron chi connectivity index (χ0n) is 19.9. The average molecular weight is 477 g/mol. The molecule has 0 spiro atoms. The van der Waals surface area contributed by atoms with Crippen LogP contribution in [0.4, 0.5) is 0 Å². The molecule has 0 aliphatic carbocycles. The van der Waals surface area contributed by atoms with Crippen molar-refractivity contribution in [2.45, 2.75) is 39.8 Å². The van der Waals surface area contributed by atoms with Crippen LogP contribution in [-0.2, 0) is 20.9 Å². The van der Waals surface area contributed by atoms with Crippen LogP contribution in [0.25, 0.3) is 5.76 Å². The second-order valence-corrected chi connectivity index (χ2v) is 8.40. The number of aromatic nitrogens is 3. The number of hydrogen-bond acceptors (Lipinski definition) is 6. The van der Waals surface area contributed by atoms with Crippen LogP contribution in [-0.4, -0.2) is 55.4 Å². The lowest BCUT2D eigenvalue weighted by molar-refractivity contribution is -0.139. The molecule has 0 unspecified atom stereocenters. The summed E-state index contributed by atoms with van der Waals surface area (Å²) in [6, 6.07) is 8.40. The number of benzene rings is 1. The largest absolute Gasteiger partial charge is 0.507 e. The third-order valence-electron chi connectivity index (χ3n) is 6.18. The van der Waals surface area contributed by atoms with Crippen LogP contribution in [0.2, 0.25) is 0 Å². The molecule has 1 atom stereocenters. The highest BCUT2D eigenvalue weighted by atomic mass is 16.5. The Kier molecular flexibility index (Phi) is 6.86. The molecule has 2 aromatic heterocycles. The quantitative estimate of drug-likeness (QED) is 0.222. The van der Waals surface area contributed by atoms with Crippen LogP contribution in [0, 0.1) is 13.8 Å². The SMILES string of the molecule is CCOC(=O)c1[nH]c(C)c(C(O)=C2C(=O)C(=O)N(CCCn3ccnc3)[C@H]2c2ccccc2)c1C. The van der Waals surface area contributed by atoms with E-state index in [9.17, 15) is 19.5 Å². The molecular formula is C26H28N4O5. The summed E-state index contributed by atoms with van der Waals surface area (Å²) in [5.41, 5.74) is 2.21. The van der Waals surface area contributed by atoms with Crippen molar-refractivity contribution in [2.75, 3.05) is 13.2 Å². The number of esters is 1. The number of nitrogens with one attached hydrogen (secondary N) is 1. The zero-order valence-corrected chi connectivity index (χ0v) is 19.9. The molecule has 35 heavy (non-hydrogen) atoms. The van der Waals surface area contributed by atoms with Gasteiger partial charge in [-0.15, -0.1) is 0 Å². The number of carbonyl (C=O) groups is 3. The smallest absolute Gasteiger partial charge is 0.355 e. The predicted molar refractivity (Wildman–Crippen MR) is 129 cm³/mol. The number of aromatic amines is 1. The van der Waals surface area contributed by atoms with Crippen molar-refractivity contribution in [1.29, 1.82) is 0 Å². The monoisotopic (exact) mass is 476 g/mol. The molecule has 3 heterocycles. The van der Waals surface area contributed by atoms with Crippen LogP contribution < -0.4 is 0 Å². The molecule has 1 fully saturated rings. The van der Waals surface area contributed by atoms with E-state index in [1.54, 1.807) is 33.3 Å². The van der Waals surface area contributed by atoms with Crippen LogP contribution in [0.15, 0.2) is 54.6 Å². The van der Waals surface area contributed by atoms with Crippen molar-refractivity contribution < 1.29 is 24.2 Å². The Balaban J connectivity index is 1.77. The van der Waals surface area contributed by atoms with Crippen molar-refractivity contribution in [3.8, 4) is 0 Å². The van der Waals surface area contributed by atoms with Gasteiger partial charge in [-0.1, -0.05) is 30.3 Å². The topological polar surface area (TPSA) is 118 Å². The van der Waals surface area contributed by atoms with Crippen molar-refractivity contribution in [3.63, 3.8) is 0 Å². The molecule has 1 saturated heterocycles. The van der Waals surface area contributed by atoms with E-state index >= 15 is 0 Å². The van der Waals surface area contributed by atoms with Gasteiger partial charge >= 0.3 is 5.97 Å². The van der Waals surface area contributed by atoms with Crippen molar-refractivity contribution in [1.82, 2.24) is 19.4 Å². The lowest BCUT2D eigenvalue weighted by Gasteiger charge is -2.25. The third-order valence-corrected chi connectivity index (χ3v) is 6.18. The molecule has 9 nitrogen and oxygen atoms in total. The highest BCUT2D eigenvalue weighted by molar-refractivity contribution is 6.46. The zero-order chi connectivity index (χ0) is 25.1. The molecule has 1 aliphatic rings. The number of ketones is 1. The number of aryl methyl sites for hydroxylation is 2. The Hall–Kier alpha value is -4.14. The fourth-order valence-electron chi connectivity index (χ4n) is 4.58. The van der Waals surface area contributed by atoms with Gasteiger partial charge in [-0.3, -0.25) is 9.59 Å². The lowest BCUT2D eigenvalue weighted by Crippen LogP contribution is -2.31. The number of likely N-dealkylation sites (tertiary alicyclic amines) is 1. The van der Waals surface area contributed by atoms with Gasteiger partial charge in [-0.05, 0) is 38.3 Å². The molecule has 0 saturated carbocycles. The fourth-order valence-corrected chi connectivity index (χ4v) is 4.58. The first kappa shape index (κ1) is 24.0. The van der Waals surface area contributed by atoms with E-state index in [4.69, 9.17) is 4.74 Å². The summed E-state index contributed by atoms with van der Waals surface area (Å²) in [4.78, 5) is 47.2. The number of Topliss-reactive ketones (excluding diaryl/α,β-unsaturated/α-hetero) is 1. The number of nitrogens with zero attached hydrogens (tertiary/aromatic N) is 3. The maximum Gasteiger partial charge on any atom is 0.355 e. The van der Waals surface area contributed by atoms with Crippen LogP contribution in [0.3, 0.4) is 0 Å². The van der Waals surface area contributed by atoms with Crippen molar-refractivity contribution >= 4 is 23.4 Å². The molecule has 9 heteroatoms. The first-order valence-electron chi connectivity index (χ1n) is 11.5. The number of H-pyrrole nitrogens is 1. The van der Waals surface area contributed by atoms with Crippen LogP contribution in [0.1, 0.15) is 52.3 Å². The van der Waals surface area contributed by atoms with E-state index in [1.807, 2.05) is 41.1 Å². The summed E-state index contributed by atoms with van der Waals surface area (Å²) in [6.45, 7) is 6.22. The number of aliphatic hydroxyl groups is 1. The van der Waals surface area contributed by atoms with Crippen LogP contribution >= 0.6 is 0 Å². The van der Waals surface area contributed by atoms with Gasteiger partial charge in [0.25, 0.3) is 11.7 Å². The maximum absolute atomic E-state index is 13.2. The van der Waals surface area contributed by atoms with Crippen LogP contribution in [0.5, 0.6) is 0 Å². The van der Waals surface area contributed by atoms with Gasteiger partial charge < -0.3 is 24.3 Å². The number of rotatable bonds is 8. The Morgan fingerprint density at radius 2 is 1.91 bits per heavy atom. The second-order valence-electron chi connectivity index (χ2n) is 8.40. The van der Waals surface area contributed by atoms with Gasteiger partial charge in [0.15, 0.2) is 0 Å². The minimum Gasteiger partial charge on any atom is -0.507 e. The molecule has 3 aromatic rings. The molecular weight excluding hydrogens is 448 g/mol. The molecule has 1 aliphatic heterocycles. The molecule has 182 valence electrons. The molecule has 0 radical (unpaired) electrons. The number of amides is 1. The molecule has 1 amide bonds.